The number of hydrogen-bond acceptors (Lipinski definition) is 3. The van der Waals surface area contributed by atoms with Crippen molar-refractivity contribution >= 4 is 0 Å². The van der Waals surface area contributed by atoms with Gasteiger partial charge in [0.25, 0.3) is 0 Å². The number of aryl methyl sites for hydroxylation is 2. The summed E-state index contributed by atoms with van der Waals surface area (Å²) in [7, 11) is 4.18. The molecule has 2 N–H and O–H groups in total. The highest BCUT2D eigenvalue weighted by atomic mass is 15.3. The largest absolute Gasteiger partial charge is 0.326 e. The summed E-state index contributed by atoms with van der Waals surface area (Å²) in [5.41, 5.74) is 9.16. The molecule has 0 saturated heterocycles. The predicted molar refractivity (Wildman–Crippen MR) is 62.8 cm³/mol. The molecule has 15 heavy (non-hydrogen) atoms. The molecular weight excluding hydrogens is 188 g/mol. The van der Waals surface area contributed by atoms with Crippen molar-refractivity contribution in [1.29, 1.82) is 0 Å². The zero-order valence-electron chi connectivity index (χ0n) is 10.2. The van der Waals surface area contributed by atoms with E-state index in [0.717, 1.165) is 25.2 Å². The summed E-state index contributed by atoms with van der Waals surface area (Å²) in [4.78, 5) is 2.19. The van der Waals surface area contributed by atoms with Crippen molar-refractivity contribution in [2.24, 2.45) is 5.73 Å². The predicted octanol–water partition coefficient (Wildman–Crippen LogP) is 0.910. The Morgan fingerprint density at radius 3 is 2.47 bits per heavy atom. The van der Waals surface area contributed by atoms with E-state index >= 15 is 0 Å². The maximum absolute atomic E-state index is 5.68. The maximum Gasteiger partial charge on any atom is 0.0641 e. The minimum atomic E-state index is 0.589. The van der Waals surface area contributed by atoms with Crippen molar-refractivity contribution in [3.05, 3.63) is 17.0 Å². The van der Waals surface area contributed by atoms with Crippen LogP contribution in [0.25, 0.3) is 0 Å². The zero-order valence-corrected chi connectivity index (χ0v) is 10.2. The minimum Gasteiger partial charge on any atom is -0.326 e. The number of rotatable bonds is 5. The Labute approximate surface area is 92.1 Å². The van der Waals surface area contributed by atoms with Gasteiger partial charge in [-0.1, -0.05) is 0 Å². The fourth-order valence-electron chi connectivity index (χ4n) is 1.78. The zero-order chi connectivity index (χ0) is 11.4. The molecule has 0 unspecified atom stereocenters. The maximum atomic E-state index is 5.68. The van der Waals surface area contributed by atoms with E-state index in [-0.39, 0.29) is 0 Å². The molecule has 0 atom stereocenters. The molecule has 0 fully saturated rings. The molecule has 0 bridgehead atoms. The lowest BCUT2D eigenvalue weighted by atomic mass is 10.2. The quantitative estimate of drug-likeness (QED) is 0.786. The number of aromatic nitrogens is 2. The van der Waals surface area contributed by atoms with Crippen LogP contribution in [0.2, 0.25) is 0 Å². The third-order valence-corrected chi connectivity index (χ3v) is 2.71. The van der Waals surface area contributed by atoms with E-state index in [1.165, 1.54) is 11.3 Å². The molecule has 86 valence electrons. The van der Waals surface area contributed by atoms with Gasteiger partial charge in [-0.05, 0) is 40.9 Å². The standard InChI is InChI=1S/C11H22N4/c1-9-11(8-12)10(2)15(13-9)7-5-6-14(3)4/h5-8,12H2,1-4H3. The van der Waals surface area contributed by atoms with E-state index in [1.54, 1.807) is 0 Å². The average Bonchev–Trinajstić information content (AvgIpc) is 2.41. The second-order valence-corrected chi connectivity index (χ2v) is 4.23. The molecular formula is C11H22N4. The molecule has 0 saturated carbocycles. The summed E-state index contributed by atoms with van der Waals surface area (Å²) in [6.45, 7) is 6.78. The number of nitrogens with zero attached hydrogens (tertiary/aromatic N) is 3. The summed E-state index contributed by atoms with van der Waals surface area (Å²) >= 11 is 0. The fourth-order valence-corrected chi connectivity index (χ4v) is 1.78. The van der Waals surface area contributed by atoms with E-state index in [1.807, 2.05) is 6.92 Å². The Kier molecular flexibility index (Phi) is 4.29. The molecule has 0 aromatic carbocycles. The second-order valence-electron chi connectivity index (χ2n) is 4.23. The van der Waals surface area contributed by atoms with Crippen molar-refractivity contribution < 1.29 is 0 Å². The summed E-state index contributed by atoms with van der Waals surface area (Å²) < 4.78 is 2.07. The topological polar surface area (TPSA) is 47.1 Å². The van der Waals surface area contributed by atoms with Crippen molar-refractivity contribution in [2.75, 3.05) is 20.6 Å². The van der Waals surface area contributed by atoms with Crippen LogP contribution in [0.1, 0.15) is 23.4 Å². The Hall–Kier alpha value is -0.870. The van der Waals surface area contributed by atoms with E-state index in [4.69, 9.17) is 5.73 Å². The van der Waals surface area contributed by atoms with Crippen molar-refractivity contribution in [1.82, 2.24) is 14.7 Å². The Balaban J connectivity index is 2.62. The van der Waals surface area contributed by atoms with Gasteiger partial charge in [-0.2, -0.15) is 5.10 Å². The summed E-state index contributed by atoms with van der Waals surface area (Å²) in [6.07, 6.45) is 1.12. The van der Waals surface area contributed by atoms with Gasteiger partial charge in [0, 0.05) is 24.3 Å². The first-order chi connectivity index (χ1) is 7.06. The SMILES string of the molecule is Cc1nn(CCCN(C)C)c(C)c1CN. The molecule has 0 radical (unpaired) electrons. The highest BCUT2D eigenvalue weighted by molar-refractivity contribution is 5.23. The second kappa shape index (κ2) is 5.28. The lowest BCUT2D eigenvalue weighted by molar-refractivity contribution is 0.379. The molecule has 0 aliphatic carbocycles. The van der Waals surface area contributed by atoms with Gasteiger partial charge in [-0.3, -0.25) is 4.68 Å². The normalized spacial score (nSPS) is 11.3. The first-order valence-corrected chi connectivity index (χ1v) is 5.44. The summed E-state index contributed by atoms with van der Waals surface area (Å²) in [5, 5.41) is 4.50. The monoisotopic (exact) mass is 210 g/mol. The van der Waals surface area contributed by atoms with Crippen LogP contribution in [0.5, 0.6) is 0 Å². The van der Waals surface area contributed by atoms with E-state index in [2.05, 4.69) is 35.7 Å². The van der Waals surface area contributed by atoms with Crippen LogP contribution in [0.3, 0.4) is 0 Å². The Bertz CT molecular complexity index is 315. The highest BCUT2D eigenvalue weighted by Crippen LogP contribution is 2.12. The third kappa shape index (κ3) is 3.04. The van der Waals surface area contributed by atoms with Crippen LogP contribution in [0, 0.1) is 13.8 Å². The van der Waals surface area contributed by atoms with Crippen molar-refractivity contribution in [3.63, 3.8) is 0 Å². The van der Waals surface area contributed by atoms with Gasteiger partial charge in [0.15, 0.2) is 0 Å². The molecule has 0 aliphatic heterocycles. The van der Waals surface area contributed by atoms with Gasteiger partial charge in [0.2, 0.25) is 0 Å². The lowest BCUT2D eigenvalue weighted by Crippen LogP contribution is -2.16. The smallest absolute Gasteiger partial charge is 0.0641 e. The lowest BCUT2D eigenvalue weighted by Gasteiger charge is -2.10. The third-order valence-electron chi connectivity index (χ3n) is 2.71. The van der Waals surface area contributed by atoms with Crippen LogP contribution in [0.15, 0.2) is 0 Å². The molecule has 1 heterocycles. The van der Waals surface area contributed by atoms with Crippen molar-refractivity contribution in [3.8, 4) is 0 Å². The van der Waals surface area contributed by atoms with Crippen LogP contribution < -0.4 is 5.73 Å². The highest BCUT2D eigenvalue weighted by Gasteiger charge is 2.08. The van der Waals surface area contributed by atoms with Gasteiger partial charge < -0.3 is 10.6 Å². The van der Waals surface area contributed by atoms with Crippen LogP contribution >= 0.6 is 0 Å². The molecule has 1 aromatic heterocycles. The van der Waals surface area contributed by atoms with E-state index < -0.39 is 0 Å². The van der Waals surface area contributed by atoms with Crippen LogP contribution in [0.4, 0.5) is 0 Å². The van der Waals surface area contributed by atoms with Crippen LogP contribution in [-0.4, -0.2) is 35.3 Å². The molecule has 0 amide bonds. The molecule has 0 aliphatic rings. The molecule has 0 spiro atoms. The minimum absolute atomic E-state index is 0.589. The molecule has 1 rings (SSSR count). The van der Waals surface area contributed by atoms with Gasteiger partial charge in [-0.25, -0.2) is 0 Å². The summed E-state index contributed by atoms with van der Waals surface area (Å²) in [6, 6.07) is 0. The molecule has 1 aromatic rings. The molecule has 4 heteroatoms. The summed E-state index contributed by atoms with van der Waals surface area (Å²) in [5.74, 6) is 0. The van der Waals surface area contributed by atoms with Gasteiger partial charge in [0.05, 0.1) is 5.69 Å². The van der Waals surface area contributed by atoms with Crippen molar-refractivity contribution in [2.45, 2.75) is 33.4 Å². The van der Waals surface area contributed by atoms with Gasteiger partial charge >= 0.3 is 0 Å². The Morgan fingerprint density at radius 1 is 1.33 bits per heavy atom. The first-order valence-electron chi connectivity index (χ1n) is 5.44. The average molecular weight is 210 g/mol. The Morgan fingerprint density at radius 2 is 2.00 bits per heavy atom. The van der Waals surface area contributed by atoms with Crippen LogP contribution in [-0.2, 0) is 13.1 Å². The fraction of sp³-hybridized carbons (Fsp3) is 0.727. The van der Waals surface area contributed by atoms with Gasteiger partial charge in [0.1, 0.15) is 0 Å². The van der Waals surface area contributed by atoms with E-state index in [9.17, 15) is 0 Å². The van der Waals surface area contributed by atoms with E-state index in [0.29, 0.717) is 6.54 Å². The number of nitrogens with two attached hydrogens (primary N) is 1. The van der Waals surface area contributed by atoms with Gasteiger partial charge in [-0.15, -0.1) is 0 Å². The molecule has 4 nitrogen and oxygen atoms in total. The number of hydrogen-bond donors (Lipinski definition) is 1. The first kappa shape index (κ1) is 12.2.